The molecular weight excluding hydrogens is 318 g/mol. The van der Waals surface area contributed by atoms with E-state index in [4.69, 9.17) is 0 Å². The maximum Gasteiger partial charge on any atom is 0.339 e. The Balaban J connectivity index is 2.39. The summed E-state index contributed by atoms with van der Waals surface area (Å²) in [4.78, 5) is 26.6. The van der Waals surface area contributed by atoms with Crippen molar-refractivity contribution in [3.63, 3.8) is 0 Å². The summed E-state index contributed by atoms with van der Waals surface area (Å²) in [6.07, 6.45) is 2.81. The van der Waals surface area contributed by atoms with Crippen LogP contribution in [0.3, 0.4) is 0 Å². The lowest BCUT2D eigenvalue weighted by Gasteiger charge is -2.34. The first-order valence-electron chi connectivity index (χ1n) is 8.29. The van der Waals surface area contributed by atoms with Crippen molar-refractivity contribution < 1.29 is 14.7 Å². The van der Waals surface area contributed by atoms with Crippen LogP contribution in [0.1, 0.15) is 12.5 Å². The molecule has 1 aromatic carbocycles. The summed E-state index contributed by atoms with van der Waals surface area (Å²) >= 11 is 0. The van der Waals surface area contributed by atoms with Gasteiger partial charge in [-0.2, -0.15) is 0 Å². The summed E-state index contributed by atoms with van der Waals surface area (Å²) in [7, 11) is 0. The third-order valence-electron chi connectivity index (χ3n) is 4.24. The topological polar surface area (TPSA) is 64.1 Å². The van der Waals surface area contributed by atoms with Gasteiger partial charge in [-0.05, 0) is 12.0 Å². The number of rotatable bonds is 6. The molecule has 1 aromatic rings. The number of hydrazine groups is 1. The van der Waals surface area contributed by atoms with E-state index in [-0.39, 0.29) is 31.6 Å². The van der Waals surface area contributed by atoms with Gasteiger partial charge in [0.05, 0.1) is 25.2 Å². The highest BCUT2D eigenvalue weighted by Gasteiger charge is 2.40. The maximum atomic E-state index is 13.0. The Morgan fingerprint density at radius 3 is 2.44 bits per heavy atom. The number of hydrogen-bond acceptors (Lipinski definition) is 3. The first kappa shape index (κ1) is 18.7. The molecule has 1 heterocycles. The van der Waals surface area contributed by atoms with Crippen molar-refractivity contribution in [2.45, 2.75) is 25.5 Å². The van der Waals surface area contributed by atoms with Crippen LogP contribution in [0.5, 0.6) is 0 Å². The molecule has 6 heteroatoms. The van der Waals surface area contributed by atoms with E-state index in [1.807, 2.05) is 30.3 Å². The van der Waals surface area contributed by atoms with Crippen LogP contribution in [0, 0.1) is 0 Å². The normalized spacial score (nSPS) is 21.0. The second-order valence-electron chi connectivity index (χ2n) is 6.02. The van der Waals surface area contributed by atoms with Crippen molar-refractivity contribution in [3.8, 4) is 0 Å². The monoisotopic (exact) mass is 343 g/mol. The number of hydrogen-bond donors (Lipinski definition) is 1. The van der Waals surface area contributed by atoms with Gasteiger partial charge in [-0.1, -0.05) is 42.5 Å². The summed E-state index contributed by atoms with van der Waals surface area (Å²) in [5.41, 5.74) is 1.01. The fourth-order valence-electron chi connectivity index (χ4n) is 3.05. The molecule has 1 N–H and O–H groups in total. The Hall–Kier alpha value is -2.60. The highest BCUT2D eigenvalue weighted by molar-refractivity contribution is 5.81. The number of amides is 3. The van der Waals surface area contributed by atoms with E-state index in [0.717, 1.165) is 5.56 Å². The predicted octanol–water partition coefficient (Wildman–Crippen LogP) is 1.83. The molecule has 6 nitrogen and oxygen atoms in total. The van der Waals surface area contributed by atoms with E-state index >= 15 is 0 Å². The molecule has 0 spiro atoms. The summed E-state index contributed by atoms with van der Waals surface area (Å²) in [6.45, 7) is 9.29. The molecule has 0 unspecified atom stereocenters. The SMILES string of the molecule is C=CCN1C(=O)N(CC=C)N(C(C)=O)C[C@@H](O)[C@H]1Cc1ccccc1. The summed E-state index contributed by atoms with van der Waals surface area (Å²) < 4.78 is 0. The van der Waals surface area contributed by atoms with Gasteiger partial charge in [0.2, 0.25) is 5.91 Å². The number of aliphatic hydroxyl groups excluding tert-OH is 1. The lowest BCUT2D eigenvalue weighted by Crippen LogP contribution is -2.52. The number of benzene rings is 1. The van der Waals surface area contributed by atoms with Crippen LogP contribution in [-0.4, -0.2) is 63.7 Å². The number of aliphatic hydroxyl groups is 1. The van der Waals surface area contributed by atoms with E-state index in [1.165, 1.54) is 16.9 Å². The van der Waals surface area contributed by atoms with Crippen molar-refractivity contribution in [1.82, 2.24) is 14.9 Å². The molecule has 0 radical (unpaired) electrons. The minimum absolute atomic E-state index is 0.0556. The zero-order valence-corrected chi connectivity index (χ0v) is 14.5. The largest absolute Gasteiger partial charge is 0.389 e. The van der Waals surface area contributed by atoms with Crippen molar-refractivity contribution in [2.24, 2.45) is 0 Å². The summed E-state index contributed by atoms with van der Waals surface area (Å²) in [5.74, 6) is -0.298. The van der Waals surface area contributed by atoms with Crippen molar-refractivity contribution >= 4 is 11.9 Å². The third-order valence-corrected chi connectivity index (χ3v) is 4.24. The van der Waals surface area contributed by atoms with Crippen LogP contribution in [0.15, 0.2) is 55.6 Å². The van der Waals surface area contributed by atoms with Crippen LogP contribution in [0.25, 0.3) is 0 Å². The second kappa shape index (κ2) is 8.48. The summed E-state index contributed by atoms with van der Waals surface area (Å²) in [6, 6.07) is 8.88. The summed E-state index contributed by atoms with van der Waals surface area (Å²) in [5, 5.41) is 13.4. The Bertz CT molecular complexity index is 632. The molecule has 0 bridgehead atoms. The van der Waals surface area contributed by atoms with Crippen LogP contribution in [0.4, 0.5) is 4.79 Å². The number of nitrogens with zero attached hydrogens (tertiary/aromatic N) is 3. The van der Waals surface area contributed by atoms with Crippen LogP contribution in [-0.2, 0) is 11.2 Å². The molecular formula is C19H25N3O3. The van der Waals surface area contributed by atoms with Gasteiger partial charge in [0.25, 0.3) is 0 Å². The average molecular weight is 343 g/mol. The van der Waals surface area contributed by atoms with Gasteiger partial charge in [-0.25, -0.2) is 14.8 Å². The van der Waals surface area contributed by atoms with E-state index in [0.29, 0.717) is 6.42 Å². The quantitative estimate of drug-likeness (QED) is 0.802. The van der Waals surface area contributed by atoms with Gasteiger partial charge >= 0.3 is 6.03 Å². The highest BCUT2D eigenvalue weighted by atomic mass is 16.3. The van der Waals surface area contributed by atoms with Crippen LogP contribution in [0.2, 0.25) is 0 Å². The minimum Gasteiger partial charge on any atom is -0.389 e. The van der Waals surface area contributed by atoms with Crippen LogP contribution < -0.4 is 0 Å². The molecule has 134 valence electrons. The maximum absolute atomic E-state index is 13.0. The Labute approximate surface area is 148 Å². The molecule has 3 amide bonds. The van der Waals surface area contributed by atoms with Gasteiger partial charge in [0, 0.05) is 13.5 Å². The zero-order valence-electron chi connectivity index (χ0n) is 14.5. The fourth-order valence-corrected chi connectivity index (χ4v) is 3.05. The third kappa shape index (κ3) is 4.28. The minimum atomic E-state index is -0.872. The molecule has 2 rings (SSSR count). The smallest absolute Gasteiger partial charge is 0.339 e. The number of carbonyl (C=O) groups excluding carboxylic acids is 2. The molecule has 0 saturated carbocycles. The predicted molar refractivity (Wildman–Crippen MR) is 96.5 cm³/mol. The second-order valence-corrected chi connectivity index (χ2v) is 6.02. The van der Waals surface area contributed by atoms with Gasteiger partial charge in [0.1, 0.15) is 0 Å². The zero-order chi connectivity index (χ0) is 18.4. The van der Waals surface area contributed by atoms with Gasteiger partial charge in [0.15, 0.2) is 0 Å². The molecule has 1 fully saturated rings. The molecule has 1 aliphatic rings. The lowest BCUT2D eigenvalue weighted by atomic mass is 9.99. The number of β-amino-alcohol motifs (C(OH)–C–C–N with tert-alkyl or cyclic N) is 1. The van der Waals surface area contributed by atoms with Gasteiger partial charge in [-0.3, -0.25) is 4.79 Å². The Morgan fingerprint density at radius 2 is 1.88 bits per heavy atom. The number of urea groups is 1. The van der Waals surface area contributed by atoms with Crippen molar-refractivity contribution in [1.29, 1.82) is 0 Å². The first-order valence-corrected chi connectivity index (χ1v) is 8.29. The Morgan fingerprint density at radius 1 is 1.24 bits per heavy atom. The highest BCUT2D eigenvalue weighted by Crippen LogP contribution is 2.21. The number of carbonyl (C=O) groups is 2. The Kier molecular flexibility index (Phi) is 6.36. The van der Waals surface area contributed by atoms with E-state index in [1.54, 1.807) is 17.1 Å². The van der Waals surface area contributed by atoms with Crippen molar-refractivity contribution in [3.05, 3.63) is 61.2 Å². The molecule has 0 aromatic heterocycles. The first-order chi connectivity index (χ1) is 12.0. The van der Waals surface area contributed by atoms with E-state index < -0.39 is 12.1 Å². The van der Waals surface area contributed by atoms with E-state index in [9.17, 15) is 14.7 Å². The van der Waals surface area contributed by atoms with Gasteiger partial charge < -0.3 is 10.0 Å². The molecule has 25 heavy (non-hydrogen) atoms. The molecule has 1 saturated heterocycles. The molecule has 2 atom stereocenters. The van der Waals surface area contributed by atoms with Crippen LogP contribution >= 0.6 is 0 Å². The lowest BCUT2D eigenvalue weighted by molar-refractivity contribution is -0.142. The van der Waals surface area contributed by atoms with Gasteiger partial charge in [-0.15, -0.1) is 13.2 Å². The standard InChI is InChI=1S/C19H25N3O3/c1-4-11-20-17(13-16-9-7-6-8-10-16)18(24)14-22(15(3)23)21(12-5-2)19(20)25/h4-10,17-18,24H,1-2,11-14H2,3H3/t17-,18-/m1/s1. The molecule has 0 aliphatic carbocycles. The molecule has 1 aliphatic heterocycles. The van der Waals surface area contributed by atoms with Crippen molar-refractivity contribution in [2.75, 3.05) is 19.6 Å². The van der Waals surface area contributed by atoms with E-state index in [2.05, 4.69) is 13.2 Å². The average Bonchev–Trinajstić information content (AvgIpc) is 2.69. The fraction of sp³-hybridized carbons (Fsp3) is 0.368.